The van der Waals surface area contributed by atoms with Crippen molar-refractivity contribution in [3.63, 3.8) is 0 Å². The quantitative estimate of drug-likeness (QED) is 0.0921. The van der Waals surface area contributed by atoms with Crippen LogP contribution in [0.3, 0.4) is 0 Å². The molecule has 2 aromatic carbocycles. The second-order valence-corrected chi connectivity index (χ2v) is 14.7. The third-order valence-electron chi connectivity index (χ3n) is 10.1. The van der Waals surface area contributed by atoms with Crippen LogP contribution in [0.2, 0.25) is 0 Å². The van der Waals surface area contributed by atoms with Crippen molar-refractivity contribution >= 4 is 24.1 Å². The molecule has 0 unspecified atom stereocenters. The molecule has 0 bridgehead atoms. The summed E-state index contributed by atoms with van der Waals surface area (Å²) >= 11 is 0. The number of carbonyl (C=O) groups is 2. The van der Waals surface area contributed by atoms with E-state index in [0.717, 1.165) is 67.2 Å². The fraction of sp³-hybridized carbons (Fsp3) is 0.375. The van der Waals surface area contributed by atoms with Crippen LogP contribution < -0.4 is 9.47 Å². The van der Waals surface area contributed by atoms with E-state index < -0.39 is 49.3 Å². The SMILES string of the molecule is COc1cc(C)c(/C=C/C(C)=C/C=C/C(C)=C/C(=O)OC[C@H]2O[C@H](O)[C@H](OC(=O)/C=C(C)/C=C/C=C(C)/C=C/c3c(C)cc(OC)c(C)c3C)[C@@H](O)[C@@H]2O)c(C)c1C. The fourth-order valence-corrected chi connectivity index (χ4v) is 6.34. The highest BCUT2D eigenvalue weighted by molar-refractivity contribution is 5.84. The van der Waals surface area contributed by atoms with Gasteiger partial charge in [0.05, 0.1) is 14.2 Å². The van der Waals surface area contributed by atoms with E-state index in [1.165, 1.54) is 12.2 Å². The van der Waals surface area contributed by atoms with Crippen molar-refractivity contribution in [2.75, 3.05) is 20.8 Å². The summed E-state index contributed by atoms with van der Waals surface area (Å²) in [6.45, 7) is 19.2. The molecule has 0 radical (unpaired) electrons. The normalized spacial score (nSPS) is 21.1. The molecule has 3 N–H and O–H groups in total. The first-order valence-corrected chi connectivity index (χ1v) is 19.2. The van der Waals surface area contributed by atoms with E-state index in [1.54, 1.807) is 46.3 Å². The largest absolute Gasteiger partial charge is 0.496 e. The van der Waals surface area contributed by atoms with Gasteiger partial charge >= 0.3 is 11.9 Å². The minimum atomic E-state index is -1.78. The van der Waals surface area contributed by atoms with E-state index in [1.807, 2.05) is 84.1 Å². The van der Waals surface area contributed by atoms with Gasteiger partial charge in [0.25, 0.3) is 0 Å². The van der Waals surface area contributed by atoms with Crippen molar-refractivity contribution in [3.05, 3.63) is 140 Å². The van der Waals surface area contributed by atoms with Gasteiger partial charge in [-0.2, -0.15) is 0 Å². The molecule has 312 valence electrons. The molecule has 58 heavy (non-hydrogen) atoms. The van der Waals surface area contributed by atoms with Crippen LogP contribution in [0.5, 0.6) is 11.5 Å². The zero-order valence-corrected chi connectivity index (χ0v) is 35.9. The van der Waals surface area contributed by atoms with E-state index in [-0.39, 0.29) is 0 Å². The minimum Gasteiger partial charge on any atom is -0.496 e. The summed E-state index contributed by atoms with van der Waals surface area (Å²) in [6.07, 6.45) is 13.6. The highest BCUT2D eigenvalue weighted by Gasteiger charge is 2.46. The Kier molecular flexibility index (Phi) is 17.9. The number of hydrogen-bond acceptors (Lipinski definition) is 10. The number of rotatable bonds is 15. The smallest absolute Gasteiger partial charge is 0.331 e. The maximum Gasteiger partial charge on any atom is 0.331 e. The Bertz CT molecular complexity index is 2050. The lowest BCUT2D eigenvalue weighted by molar-refractivity contribution is -0.290. The number of carbonyl (C=O) groups excluding carboxylic acids is 2. The molecule has 0 saturated carbocycles. The average molecular weight is 797 g/mol. The first-order chi connectivity index (χ1) is 27.4. The second-order valence-electron chi connectivity index (χ2n) is 14.7. The molecule has 3 rings (SSSR count). The van der Waals surface area contributed by atoms with E-state index in [9.17, 15) is 24.9 Å². The van der Waals surface area contributed by atoms with Crippen molar-refractivity contribution in [1.29, 1.82) is 0 Å². The van der Waals surface area contributed by atoms with Gasteiger partial charge in [0.2, 0.25) is 0 Å². The lowest BCUT2D eigenvalue weighted by Crippen LogP contribution is -2.60. The minimum absolute atomic E-state index is 0.458. The molecular formula is C48H60O10. The van der Waals surface area contributed by atoms with E-state index in [4.69, 9.17) is 23.7 Å². The Morgan fingerprint density at radius 3 is 1.53 bits per heavy atom. The molecule has 0 aromatic heterocycles. The predicted molar refractivity (Wildman–Crippen MR) is 230 cm³/mol. The van der Waals surface area contributed by atoms with Gasteiger partial charge in [-0.15, -0.1) is 0 Å². The molecule has 0 amide bonds. The average Bonchev–Trinajstić information content (AvgIpc) is 3.16. The molecule has 1 aliphatic heterocycles. The Hall–Kier alpha value is -5.26. The zero-order valence-electron chi connectivity index (χ0n) is 35.9. The van der Waals surface area contributed by atoms with Gasteiger partial charge < -0.3 is 39.0 Å². The van der Waals surface area contributed by atoms with Crippen LogP contribution in [-0.4, -0.2) is 78.8 Å². The highest BCUT2D eigenvalue weighted by Crippen LogP contribution is 2.30. The Morgan fingerprint density at radius 2 is 1.09 bits per heavy atom. The van der Waals surface area contributed by atoms with E-state index >= 15 is 0 Å². The Morgan fingerprint density at radius 1 is 0.638 bits per heavy atom. The Labute approximate surface area is 343 Å². The standard InChI is InChI=1S/C48H60O10/c1-28(19-21-38-32(5)25-40(54-11)36(9)34(38)7)15-13-17-30(3)23-43(49)56-27-42-45(51)46(52)47(48(53)57-42)58-44(50)24-31(4)18-14-16-29(2)20-22-39-33(6)26-41(55-12)37(10)35(39)8/h13-26,42,45-48,51-53H,27H2,1-12H3/b17-13+,18-14+,21-19+,22-20+,28-15+,29-16+,30-23+,31-24+/t42-,45-,46+,47-,48+/m1/s1. The van der Waals surface area contributed by atoms with Crippen LogP contribution >= 0.6 is 0 Å². The van der Waals surface area contributed by atoms with Gasteiger partial charge in [-0.25, -0.2) is 9.59 Å². The van der Waals surface area contributed by atoms with Gasteiger partial charge in [0.15, 0.2) is 12.4 Å². The first-order valence-electron chi connectivity index (χ1n) is 19.2. The van der Waals surface area contributed by atoms with Crippen LogP contribution in [0, 0.1) is 41.5 Å². The number of aliphatic hydroxyl groups is 3. The van der Waals surface area contributed by atoms with Crippen LogP contribution in [0.25, 0.3) is 12.2 Å². The number of ether oxygens (including phenoxy) is 5. The van der Waals surface area contributed by atoms with Crippen LogP contribution in [0.15, 0.2) is 95.2 Å². The molecule has 5 atom stereocenters. The summed E-state index contributed by atoms with van der Waals surface area (Å²) in [5, 5.41) is 31.9. The molecule has 1 saturated heterocycles. The zero-order chi connectivity index (χ0) is 43.3. The molecule has 1 heterocycles. The third-order valence-corrected chi connectivity index (χ3v) is 10.1. The van der Waals surface area contributed by atoms with Crippen molar-refractivity contribution in [1.82, 2.24) is 0 Å². The molecule has 1 aliphatic rings. The lowest BCUT2D eigenvalue weighted by Gasteiger charge is -2.39. The number of hydrogen-bond donors (Lipinski definition) is 3. The molecule has 10 nitrogen and oxygen atoms in total. The molecule has 2 aromatic rings. The molecule has 0 aliphatic carbocycles. The molecule has 1 fully saturated rings. The van der Waals surface area contributed by atoms with Gasteiger partial charge in [-0.1, -0.05) is 71.9 Å². The van der Waals surface area contributed by atoms with Crippen molar-refractivity contribution in [3.8, 4) is 11.5 Å². The Balaban J connectivity index is 1.51. The summed E-state index contributed by atoms with van der Waals surface area (Å²) in [7, 11) is 3.34. The van der Waals surface area contributed by atoms with Gasteiger partial charge in [0, 0.05) is 12.2 Å². The molecular weight excluding hydrogens is 737 g/mol. The number of allylic oxidation sites excluding steroid dienone is 12. The summed E-state index contributed by atoms with van der Waals surface area (Å²) in [5.41, 5.74) is 12.1. The fourth-order valence-electron chi connectivity index (χ4n) is 6.34. The van der Waals surface area contributed by atoms with Crippen LogP contribution in [0.1, 0.15) is 72.2 Å². The topological polar surface area (TPSA) is 141 Å². The summed E-state index contributed by atoms with van der Waals surface area (Å²) in [5.74, 6) is 0.177. The predicted octanol–water partition coefficient (Wildman–Crippen LogP) is 8.07. The highest BCUT2D eigenvalue weighted by atomic mass is 16.7. The number of benzene rings is 2. The first kappa shape index (κ1) is 47.1. The van der Waals surface area contributed by atoms with Crippen LogP contribution in [0.4, 0.5) is 0 Å². The van der Waals surface area contributed by atoms with E-state index in [0.29, 0.717) is 11.1 Å². The van der Waals surface area contributed by atoms with Gasteiger partial charge in [-0.3, -0.25) is 0 Å². The summed E-state index contributed by atoms with van der Waals surface area (Å²) in [4.78, 5) is 25.2. The summed E-state index contributed by atoms with van der Waals surface area (Å²) in [6, 6.07) is 4.05. The third kappa shape index (κ3) is 13.1. The molecule has 10 heteroatoms. The number of methoxy groups -OCH3 is 2. The van der Waals surface area contributed by atoms with Gasteiger partial charge in [-0.05, 0) is 137 Å². The van der Waals surface area contributed by atoms with Crippen molar-refractivity contribution < 1.29 is 48.6 Å². The summed E-state index contributed by atoms with van der Waals surface area (Å²) < 4.78 is 26.8. The second kappa shape index (κ2) is 22.0. The van der Waals surface area contributed by atoms with Crippen molar-refractivity contribution in [2.45, 2.75) is 99.9 Å². The van der Waals surface area contributed by atoms with Crippen LogP contribution in [-0.2, 0) is 23.8 Å². The lowest BCUT2D eigenvalue weighted by atomic mass is 9.96. The number of aliphatic hydroxyl groups excluding tert-OH is 3. The number of aryl methyl sites for hydroxylation is 2. The maximum absolute atomic E-state index is 12.7. The van der Waals surface area contributed by atoms with E-state index in [2.05, 4.69) is 26.0 Å². The number of esters is 2. The van der Waals surface area contributed by atoms with Crippen molar-refractivity contribution in [2.24, 2.45) is 0 Å². The molecule has 0 spiro atoms. The maximum atomic E-state index is 12.7. The van der Waals surface area contributed by atoms with Gasteiger partial charge in [0.1, 0.15) is 36.4 Å². The monoisotopic (exact) mass is 796 g/mol.